The van der Waals surface area contributed by atoms with E-state index < -0.39 is 0 Å². The molecule has 3 aromatic rings. The molecule has 0 aliphatic carbocycles. The van der Waals surface area contributed by atoms with Gasteiger partial charge in [0.15, 0.2) is 0 Å². The highest BCUT2D eigenvalue weighted by Crippen LogP contribution is 2.23. The molecule has 0 N–H and O–H groups in total. The first-order valence-corrected chi connectivity index (χ1v) is 10.7. The van der Waals surface area contributed by atoms with Crippen LogP contribution in [0.3, 0.4) is 0 Å². The highest BCUT2D eigenvalue weighted by atomic mass is 32.1. The number of thiophene rings is 1. The Labute approximate surface area is 171 Å². The van der Waals surface area contributed by atoms with Crippen LogP contribution in [0.25, 0.3) is 0 Å². The van der Waals surface area contributed by atoms with Crippen LogP contribution >= 0.6 is 11.3 Å². The summed E-state index contributed by atoms with van der Waals surface area (Å²) in [6.07, 6.45) is 3.80. The summed E-state index contributed by atoms with van der Waals surface area (Å²) in [7, 11) is 0. The van der Waals surface area contributed by atoms with E-state index in [-0.39, 0.29) is 0 Å². The summed E-state index contributed by atoms with van der Waals surface area (Å²) in [6.45, 7) is 8.61. The lowest BCUT2D eigenvalue weighted by atomic mass is 10.1. The Kier molecular flexibility index (Phi) is 6.37. The summed E-state index contributed by atoms with van der Waals surface area (Å²) in [5, 5.41) is 2.15. The number of nitrogens with zero attached hydrogens (tertiary/aromatic N) is 3. The van der Waals surface area contributed by atoms with Crippen LogP contribution in [-0.4, -0.2) is 36.2 Å². The van der Waals surface area contributed by atoms with Crippen molar-refractivity contribution in [1.29, 1.82) is 0 Å². The van der Waals surface area contributed by atoms with Gasteiger partial charge in [0.2, 0.25) is 0 Å². The van der Waals surface area contributed by atoms with Gasteiger partial charge in [-0.1, -0.05) is 18.2 Å². The van der Waals surface area contributed by atoms with E-state index in [0.29, 0.717) is 0 Å². The van der Waals surface area contributed by atoms with Crippen LogP contribution in [0.15, 0.2) is 60.2 Å². The molecule has 3 heterocycles. The smallest absolute Gasteiger partial charge is 0.0642 e. The predicted molar refractivity (Wildman–Crippen MR) is 116 cm³/mol. The molecule has 1 aliphatic rings. The van der Waals surface area contributed by atoms with E-state index >= 15 is 0 Å². The molecule has 1 fully saturated rings. The van der Waals surface area contributed by atoms with Crippen molar-refractivity contribution < 1.29 is 4.74 Å². The topological polar surface area (TPSA) is 28.6 Å². The first-order chi connectivity index (χ1) is 13.8. The third-order valence-electron chi connectivity index (χ3n) is 5.18. The molecular formula is C23H27N3OS. The summed E-state index contributed by atoms with van der Waals surface area (Å²) in [5.41, 5.74) is 5.30. The standard InChI is InChI=1S/C23H27N3OS/c1-19-14-22(26-9-11-27-12-10-26)7-6-21(19)17-25(18-23-5-3-13-28-23)16-20-4-2-8-24-15-20/h2-8,13-15H,9-12,16-18H2,1H3. The number of hydrogen-bond acceptors (Lipinski definition) is 5. The number of hydrogen-bond donors (Lipinski definition) is 0. The molecule has 0 atom stereocenters. The number of pyridine rings is 1. The molecule has 1 aliphatic heterocycles. The number of aromatic nitrogens is 1. The molecule has 5 heteroatoms. The lowest BCUT2D eigenvalue weighted by molar-refractivity contribution is 0.122. The van der Waals surface area contributed by atoms with Crippen LogP contribution in [0.1, 0.15) is 21.6 Å². The zero-order valence-electron chi connectivity index (χ0n) is 16.4. The van der Waals surface area contributed by atoms with E-state index in [1.165, 1.54) is 27.3 Å². The van der Waals surface area contributed by atoms with E-state index in [2.05, 4.69) is 63.5 Å². The fourth-order valence-corrected chi connectivity index (χ4v) is 4.40. The van der Waals surface area contributed by atoms with Gasteiger partial charge in [-0.25, -0.2) is 0 Å². The molecule has 4 nitrogen and oxygen atoms in total. The Bertz CT molecular complexity index is 861. The molecule has 2 aromatic heterocycles. The van der Waals surface area contributed by atoms with Gasteiger partial charge < -0.3 is 9.64 Å². The monoisotopic (exact) mass is 393 g/mol. The predicted octanol–water partition coefficient (Wildman–Crippen LogP) is 4.49. The Morgan fingerprint density at radius 1 is 1.07 bits per heavy atom. The summed E-state index contributed by atoms with van der Waals surface area (Å²) in [4.78, 5) is 10.6. The molecule has 0 amide bonds. The highest BCUT2D eigenvalue weighted by Gasteiger charge is 2.14. The summed E-state index contributed by atoms with van der Waals surface area (Å²) >= 11 is 1.82. The molecule has 146 valence electrons. The number of benzene rings is 1. The third kappa shape index (κ3) is 4.98. The van der Waals surface area contributed by atoms with Gasteiger partial charge in [0, 0.05) is 55.7 Å². The maximum atomic E-state index is 5.48. The van der Waals surface area contributed by atoms with Crippen molar-refractivity contribution in [2.75, 3.05) is 31.2 Å². The maximum absolute atomic E-state index is 5.48. The van der Waals surface area contributed by atoms with Gasteiger partial charge >= 0.3 is 0 Å². The van der Waals surface area contributed by atoms with Crippen molar-refractivity contribution in [3.05, 3.63) is 81.8 Å². The lowest BCUT2D eigenvalue weighted by Crippen LogP contribution is -2.36. The Morgan fingerprint density at radius 3 is 2.68 bits per heavy atom. The van der Waals surface area contributed by atoms with Crippen LogP contribution in [0.4, 0.5) is 5.69 Å². The lowest BCUT2D eigenvalue weighted by Gasteiger charge is -2.30. The van der Waals surface area contributed by atoms with E-state index in [0.717, 1.165) is 45.9 Å². The van der Waals surface area contributed by atoms with Crippen LogP contribution < -0.4 is 4.90 Å². The van der Waals surface area contributed by atoms with Crippen LogP contribution in [-0.2, 0) is 24.4 Å². The van der Waals surface area contributed by atoms with Crippen LogP contribution in [0, 0.1) is 6.92 Å². The minimum atomic E-state index is 0.820. The van der Waals surface area contributed by atoms with Gasteiger partial charge in [0.05, 0.1) is 13.2 Å². The average molecular weight is 394 g/mol. The second kappa shape index (κ2) is 9.32. The number of morpholine rings is 1. The summed E-state index contributed by atoms with van der Waals surface area (Å²) in [6, 6.07) is 15.4. The zero-order valence-corrected chi connectivity index (χ0v) is 17.2. The summed E-state index contributed by atoms with van der Waals surface area (Å²) in [5.74, 6) is 0. The number of aryl methyl sites for hydroxylation is 1. The van der Waals surface area contributed by atoms with Crippen molar-refractivity contribution in [2.45, 2.75) is 26.6 Å². The molecule has 0 radical (unpaired) electrons. The normalized spacial score (nSPS) is 14.6. The largest absolute Gasteiger partial charge is 0.378 e. The molecular weight excluding hydrogens is 366 g/mol. The van der Waals surface area contributed by atoms with Crippen molar-refractivity contribution in [2.24, 2.45) is 0 Å². The van der Waals surface area contributed by atoms with E-state index in [4.69, 9.17) is 4.74 Å². The van der Waals surface area contributed by atoms with E-state index in [9.17, 15) is 0 Å². The summed E-state index contributed by atoms with van der Waals surface area (Å²) < 4.78 is 5.48. The quantitative estimate of drug-likeness (QED) is 0.591. The molecule has 28 heavy (non-hydrogen) atoms. The van der Waals surface area contributed by atoms with Crippen molar-refractivity contribution in [1.82, 2.24) is 9.88 Å². The van der Waals surface area contributed by atoms with Gasteiger partial charge in [-0.05, 0) is 53.3 Å². The fraction of sp³-hybridized carbons (Fsp3) is 0.348. The van der Waals surface area contributed by atoms with Crippen LogP contribution in [0.2, 0.25) is 0 Å². The molecule has 4 rings (SSSR count). The first kappa shape index (κ1) is 19.1. The molecule has 0 bridgehead atoms. The van der Waals surface area contributed by atoms with Gasteiger partial charge in [-0.15, -0.1) is 11.3 Å². The van der Waals surface area contributed by atoms with E-state index in [1.807, 2.05) is 29.8 Å². The maximum Gasteiger partial charge on any atom is 0.0642 e. The van der Waals surface area contributed by atoms with Crippen molar-refractivity contribution in [3.8, 4) is 0 Å². The second-order valence-electron chi connectivity index (χ2n) is 7.30. The minimum Gasteiger partial charge on any atom is -0.378 e. The van der Waals surface area contributed by atoms with Crippen molar-refractivity contribution in [3.63, 3.8) is 0 Å². The SMILES string of the molecule is Cc1cc(N2CCOCC2)ccc1CN(Cc1cccnc1)Cc1cccs1. The van der Waals surface area contributed by atoms with Gasteiger partial charge in [0.1, 0.15) is 0 Å². The first-order valence-electron chi connectivity index (χ1n) is 9.84. The Balaban J connectivity index is 1.50. The number of anilines is 1. The minimum absolute atomic E-state index is 0.820. The number of ether oxygens (including phenoxy) is 1. The second-order valence-corrected chi connectivity index (χ2v) is 8.33. The Hall–Kier alpha value is -2.21. The Morgan fingerprint density at radius 2 is 1.96 bits per heavy atom. The van der Waals surface area contributed by atoms with Gasteiger partial charge in [-0.3, -0.25) is 9.88 Å². The molecule has 0 spiro atoms. The van der Waals surface area contributed by atoms with Crippen molar-refractivity contribution >= 4 is 17.0 Å². The third-order valence-corrected chi connectivity index (χ3v) is 6.05. The fourth-order valence-electron chi connectivity index (χ4n) is 3.66. The molecule has 0 saturated carbocycles. The molecule has 1 saturated heterocycles. The highest BCUT2D eigenvalue weighted by molar-refractivity contribution is 7.09. The van der Waals surface area contributed by atoms with Gasteiger partial charge in [0.25, 0.3) is 0 Å². The molecule has 0 unspecified atom stereocenters. The van der Waals surface area contributed by atoms with Gasteiger partial charge in [-0.2, -0.15) is 0 Å². The zero-order chi connectivity index (χ0) is 19.2. The van der Waals surface area contributed by atoms with E-state index in [1.54, 1.807) is 0 Å². The van der Waals surface area contributed by atoms with Crippen LogP contribution in [0.5, 0.6) is 0 Å². The number of rotatable bonds is 7. The molecule has 1 aromatic carbocycles. The average Bonchev–Trinajstić information content (AvgIpc) is 3.24.